The van der Waals surface area contributed by atoms with Crippen molar-refractivity contribution in [1.82, 2.24) is 4.90 Å². The van der Waals surface area contributed by atoms with Gasteiger partial charge in [-0.2, -0.15) is 0 Å². The monoisotopic (exact) mass is 411 g/mol. The van der Waals surface area contributed by atoms with Crippen molar-refractivity contribution in [2.45, 2.75) is 99.5 Å². The Kier molecular flexibility index (Phi) is 4.27. The van der Waals surface area contributed by atoms with Gasteiger partial charge in [0.1, 0.15) is 0 Å². The van der Waals surface area contributed by atoms with Crippen LogP contribution in [0.15, 0.2) is 11.6 Å². The van der Waals surface area contributed by atoms with Crippen molar-refractivity contribution < 1.29 is 4.79 Å². The highest BCUT2D eigenvalue weighted by atomic mass is 16.1. The molecule has 8 atom stereocenters. The molecule has 2 heteroatoms. The zero-order chi connectivity index (χ0) is 21.9. The molecule has 1 unspecified atom stereocenters. The van der Waals surface area contributed by atoms with E-state index in [1.165, 1.54) is 38.5 Å². The highest BCUT2D eigenvalue weighted by Gasteiger charge is 2.85. The van der Waals surface area contributed by atoms with E-state index in [2.05, 4.69) is 59.6 Å². The number of nitrogens with zero attached hydrogens (tertiary/aromatic N) is 1. The third-order valence-corrected chi connectivity index (χ3v) is 12.7. The summed E-state index contributed by atoms with van der Waals surface area (Å²) in [7, 11) is 2.35. The molecule has 168 valence electrons. The predicted octanol–water partition coefficient (Wildman–Crippen LogP) is 6.50. The molecule has 0 aromatic heterocycles. The number of hydrogen-bond acceptors (Lipinski definition) is 2. The maximum Gasteiger partial charge on any atom is 0.156 e. The van der Waals surface area contributed by atoms with Crippen LogP contribution in [0.2, 0.25) is 0 Å². The van der Waals surface area contributed by atoms with Gasteiger partial charge < -0.3 is 4.90 Å². The minimum atomic E-state index is 0.0975. The van der Waals surface area contributed by atoms with Gasteiger partial charge in [-0.25, -0.2) is 0 Å². The fourth-order valence-electron chi connectivity index (χ4n) is 11.1. The Bertz CT molecular complexity index is 811. The normalized spacial score (nSPS) is 53.3. The lowest BCUT2D eigenvalue weighted by atomic mass is 9.42. The second kappa shape index (κ2) is 6.03. The van der Waals surface area contributed by atoms with Crippen LogP contribution >= 0.6 is 0 Å². The van der Waals surface area contributed by atoms with E-state index in [1.807, 2.05) is 0 Å². The van der Waals surface area contributed by atoms with Crippen molar-refractivity contribution in [1.29, 1.82) is 0 Å². The Morgan fingerprint density at radius 2 is 1.67 bits per heavy atom. The zero-order valence-electron chi connectivity index (χ0n) is 20.9. The summed E-state index contributed by atoms with van der Waals surface area (Å²) in [6.07, 6.45) is 11.7. The standard InChI is InChI=1S/C28H45NO/c1-9-29(8)23-13-15-27-19(3)28(27)17-16-25(6)20(18(2)30)12-14-26(25,7)22(28)11-10-21(27)24(23,4)5/h12,19,21-23H,9-11,13-17H2,1-8H3/t19-,21+,22+,23+,25-,26+,27?,28+/m1/s1. The first-order valence-electron chi connectivity index (χ1n) is 12.9. The van der Waals surface area contributed by atoms with Crippen LogP contribution in [0.25, 0.3) is 0 Å². The predicted molar refractivity (Wildman–Crippen MR) is 124 cm³/mol. The van der Waals surface area contributed by atoms with Gasteiger partial charge in [0.2, 0.25) is 0 Å². The van der Waals surface area contributed by atoms with Gasteiger partial charge in [-0.05, 0) is 110 Å². The fourth-order valence-corrected chi connectivity index (χ4v) is 11.1. The van der Waals surface area contributed by atoms with Crippen LogP contribution in [0.1, 0.15) is 93.4 Å². The van der Waals surface area contributed by atoms with Crippen LogP contribution in [0, 0.1) is 44.8 Å². The Balaban J connectivity index is 1.54. The van der Waals surface area contributed by atoms with Crippen LogP contribution in [-0.4, -0.2) is 30.3 Å². The quantitative estimate of drug-likeness (QED) is 0.528. The number of Topliss-reactive ketones (excluding diaryl/α,β-unsaturated/α-hetero) is 1. The first-order chi connectivity index (χ1) is 13.9. The number of allylic oxidation sites excluding steroid dienone is 2. The Morgan fingerprint density at radius 1 is 1.03 bits per heavy atom. The maximum absolute atomic E-state index is 12.5. The summed E-state index contributed by atoms with van der Waals surface area (Å²) in [6.45, 7) is 18.1. The van der Waals surface area contributed by atoms with Gasteiger partial charge in [0.25, 0.3) is 0 Å². The summed E-state index contributed by atoms with van der Waals surface area (Å²) in [6, 6.07) is 0.724. The first-order valence-corrected chi connectivity index (χ1v) is 12.9. The molecule has 5 rings (SSSR count). The molecule has 4 fully saturated rings. The molecule has 2 spiro atoms. The lowest BCUT2D eigenvalue weighted by molar-refractivity contribution is -0.140. The third-order valence-electron chi connectivity index (χ3n) is 12.7. The van der Waals surface area contributed by atoms with Gasteiger partial charge in [0, 0.05) is 11.5 Å². The lowest BCUT2D eigenvalue weighted by Crippen LogP contribution is -2.59. The van der Waals surface area contributed by atoms with Gasteiger partial charge in [-0.1, -0.05) is 47.6 Å². The summed E-state index contributed by atoms with van der Waals surface area (Å²) >= 11 is 0. The van der Waals surface area contributed by atoms with Crippen molar-refractivity contribution in [3.8, 4) is 0 Å². The molecule has 0 aliphatic heterocycles. The van der Waals surface area contributed by atoms with Crippen LogP contribution in [0.3, 0.4) is 0 Å². The van der Waals surface area contributed by atoms with E-state index in [0.717, 1.165) is 42.3 Å². The average molecular weight is 412 g/mol. The van der Waals surface area contributed by atoms with Crippen molar-refractivity contribution in [2.75, 3.05) is 13.6 Å². The minimum Gasteiger partial charge on any atom is -0.303 e. The van der Waals surface area contributed by atoms with Crippen LogP contribution in [0.5, 0.6) is 0 Å². The summed E-state index contributed by atoms with van der Waals surface area (Å²) in [5, 5.41) is 0. The lowest BCUT2D eigenvalue weighted by Gasteiger charge is -2.63. The van der Waals surface area contributed by atoms with E-state index in [9.17, 15) is 4.79 Å². The summed E-state index contributed by atoms with van der Waals surface area (Å²) in [4.78, 5) is 15.2. The molecule has 0 amide bonds. The van der Waals surface area contributed by atoms with E-state index >= 15 is 0 Å². The molecule has 2 nitrogen and oxygen atoms in total. The second-order valence-electron chi connectivity index (χ2n) is 13.1. The van der Waals surface area contributed by atoms with Crippen molar-refractivity contribution in [3.63, 3.8) is 0 Å². The average Bonchev–Trinajstić information content (AvgIpc) is 3.06. The topological polar surface area (TPSA) is 20.3 Å². The van der Waals surface area contributed by atoms with Crippen LogP contribution in [0.4, 0.5) is 0 Å². The zero-order valence-corrected chi connectivity index (χ0v) is 20.9. The summed E-state index contributed by atoms with van der Waals surface area (Å²) in [5.41, 5.74) is 3.03. The fraction of sp³-hybridized carbons (Fsp3) is 0.893. The van der Waals surface area contributed by atoms with E-state index in [1.54, 1.807) is 6.92 Å². The number of rotatable bonds is 3. The molecule has 5 aliphatic carbocycles. The molecule has 0 saturated heterocycles. The van der Waals surface area contributed by atoms with Crippen LogP contribution in [-0.2, 0) is 4.79 Å². The molecule has 30 heavy (non-hydrogen) atoms. The number of carbonyl (C=O) groups is 1. The molecule has 0 aromatic carbocycles. The molecule has 0 aromatic rings. The molecule has 0 N–H and O–H groups in total. The van der Waals surface area contributed by atoms with Gasteiger partial charge in [0.15, 0.2) is 5.78 Å². The molecule has 0 heterocycles. The maximum atomic E-state index is 12.5. The van der Waals surface area contributed by atoms with Crippen molar-refractivity contribution in [2.24, 2.45) is 44.8 Å². The number of carbonyl (C=O) groups excluding carboxylic acids is 1. The third kappa shape index (κ3) is 2.01. The smallest absolute Gasteiger partial charge is 0.156 e. The van der Waals surface area contributed by atoms with Gasteiger partial charge >= 0.3 is 0 Å². The van der Waals surface area contributed by atoms with Crippen LogP contribution < -0.4 is 0 Å². The number of hydrogen-bond donors (Lipinski definition) is 0. The molecular formula is C28H45NO. The Hall–Kier alpha value is -0.630. The van der Waals surface area contributed by atoms with Crippen molar-refractivity contribution in [3.05, 3.63) is 11.6 Å². The van der Waals surface area contributed by atoms with E-state index in [0.29, 0.717) is 22.0 Å². The second-order valence-corrected chi connectivity index (χ2v) is 13.1. The first kappa shape index (κ1) is 21.2. The Labute approximate surface area is 185 Å². The molecule has 5 aliphatic rings. The minimum absolute atomic E-state index is 0.0975. The highest BCUT2D eigenvalue weighted by molar-refractivity contribution is 5.95. The van der Waals surface area contributed by atoms with E-state index in [-0.39, 0.29) is 10.8 Å². The number of fused-ring (bicyclic) bond motifs is 2. The molecule has 4 saturated carbocycles. The van der Waals surface area contributed by atoms with E-state index in [4.69, 9.17) is 0 Å². The number of ketones is 1. The Morgan fingerprint density at radius 3 is 2.30 bits per heavy atom. The molecule has 0 bridgehead atoms. The van der Waals surface area contributed by atoms with Gasteiger partial charge in [0.05, 0.1) is 0 Å². The van der Waals surface area contributed by atoms with Crippen molar-refractivity contribution >= 4 is 5.78 Å². The van der Waals surface area contributed by atoms with E-state index < -0.39 is 0 Å². The highest BCUT2D eigenvalue weighted by Crippen LogP contribution is 2.91. The SMILES string of the molecule is CCN(C)[C@H]1CCC23[C@@H](C)[C@]24CC[C@]2(C)C(C(C)=O)=CC[C@@]2(C)[C@@H]4CC[C@H]3C1(C)C. The largest absolute Gasteiger partial charge is 0.303 e. The molecular weight excluding hydrogens is 366 g/mol. The molecule has 0 radical (unpaired) electrons. The summed E-state index contributed by atoms with van der Waals surface area (Å²) in [5.74, 6) is 2.84. The summed E-state index contributed by atoms with van der Waals surface area (Å²) < 4.78 is 0. The van der Waals surface area contributed by atoms with Gasteiger partial charge in [-0.15, -0.1) is 0 Å². The van der Waals surface area contributed by atoms with Gasteiger partial charge in [-0.3, -0.25) is 4.79 Å².